The van der Waals surface area contributed by atoms with Crippen LogP contribution in [0, 0.1) is 0 Å². The number of hydrogen-bond donors (Lipinski definition) is 2. The Morgan fingerprint density at radius 2 is 1.61 bits per heavy atom. The number of rotatable bonds is 8. The summed E-state index contributed by atoms with van der Waals surface area (Å²) in [7, 11) is 1.48. The Kier molecular flexibility index (Phi) is 7.67. The van der Waals surface area contributed by atoms with E-state index in [2.05, 4.69) is 20.6 Å². The van der Waals surface area contributed by atoms with Gasteiger partial charge in [0.15, 0.2) is 11.5 Å². The van der Waals surface area contributed by atoms with Crippen molar-refractivity contribution >= 4 is 35.1 Å². The van der Waals surface area contributed by atoms with Crippen molar-refractivity contribution < 1.29 is 19.1 Å². The summed E-state index contributed by atoms with van der Waals surface area (Å²) in [6, 6.07) is 24.1. The molecule has 8 nitrogen and oxygen atoms in total. The van der Waals surface area contributed by atoms with Gasteiger partial charge in [-0.15, -0.1) is 0 Å². The second-order valence-electron chi connectivity index (χ2n) is 7.68. The van der Waals surface area contributed by atoms with Crippen molar-refractivity contribution in [3.8, 4) is 22.8 Å². The molecule has 0 aliphatic rings. The zero-order valence-corrected chi connectivity index (χ0v) is 19.8. The summed E-state index contributed by atoms with van der Waals surface area (Å²) in [4.78, 5) is 32.2. The Morgan fingerprint density at radius 3 is 2.33 bits per heavy atom. The van der Waals surface area contributed by atoms with Gasteiger partial charge < -0.3 is 20.1 Å². The van der Waals surface area contributed by atoms with Crippen molar-refractivity contribution in [2.75, 3.05) is 17.7 Å². The molecule has 0 unspecified atom stereocenters. The van der Waals surface area contributed by atoms with Gasteiger partial charge in [-0.3, -0.25) is 9.59 Å². The number of carbonyl (C=O) groups is 2. The molecule has 0 aliphatic heterocycles. The minimum absolute atomic E-state index is 0.290. The summed E-state index contributed by atoms with van der Waals surface area (Å²) in [5.74, 6) is 0.654. The minimum Gasteiger partial charge on any atom is -0.493 e. The molecule has 1 heterocycles. The predicted molar refractivity (Wildman–Crippen MR) is 139 cm³/mol. The van der Waals surface area contributed by atoms with Crippen LogP contribution >= 0.6 is 0 Å². The molecule has 0 radical (unpaired) electrons. The molecule has 0 fully saturated rings. The van der Waals surface area contributed by atoms with E-state index in [-0.39, 0.29) is 5.91 Å². The highest BCUT2D eigenvalue weighted by Crippen LogP contribution is 2.28. The quantitative estimate of drug-likeness (QED) is 0.196. The molecular formula is C28H24N4O4. The Bertz CT molecular complexity index is 1390. The van der Waals surface area contributed by atoms with Crippen LogP contribution in [0.15, 0.2) is 91.3 Å². The largest absolute Gasteiger partial charge is 0.493 e. The SMILES string of the molecule is COc1cc(/C=C/C(=O)Nc2ccc(Nc3cc(-c4ccccc4)ncn3)cc2)ccc1OC(C)=O. The summed E-state index contributed by atoms with van der Waals surface area (Å²) in [5, 5.41) is 6.07. The predicted octanol–water partition coefficient (Wildman–Crippen LogP) is 5.47. The van der Waals surface area contributed by atoms with E-state index in [1.807, 2.05) is 48.5 Å². The number of hydrogen-bond acceptors (Lipinski definition) is 7. The maximum atomic E-state index is 12.4. The molecule has 8 heteroatoms. The van der Waals surface area contributed by atoms with Gasteiger partial charge in [0.25, 0.3) is 0 Å². The van der Waals surface area contributed by atoms with Crippen molar-refractivity contribution in [3.05, 3.63) is 96.8 Å². The number of carbonyl (C=O) groups excluding carboxylic acids is 2. The van der Waals surface area contributed by atoms with Gasteiger partial charge in [-0.05, 0) is 48.0 Å². The van der Waals surface area contributed by atoms with Crippen LogP contribution in [0.4, 0.5) is 17.2 Å². The van der Waals surface area contributed by atoms with Crippen molar-refractivity contribution in [3.63, 3.8) is 0 Å². The number of aromatic nitrogens is 2. The van der Waals surface area contributed by atoms with Gasteiger partial charge in [0.05, 0.1) is 12.8 Å². The molecule has 1 aromatic heterocycles. The molecule has 1 amide bonds. The fraction of sp³-hybridized carbons (Fsp3) is 0.0714. The third kappa shape index (κ3) is 6.54. The lowest BCUT2D eigenvalue weighted by atomic mass is 10.1. The maximum absolute atomic E-state index is 12.4. The van der Waals surface area contributed by atoms with E-state index in [0.29, 0.717) is 23.0 Å². The van der Waals surface area contributed by atoms with Gasteiger partial charge in [0.1, 0.15) is 12.1 Å². The highest BCUT2D eigenvalue weighted by Gasteiger charge is 2.08. The lowest BCUT2D eigenvalue weighted by Gasteiger charge is -2.09. The van der Waals surface area contributed by atoms with Crippen molar-refractivity contribution in [2.45, 2.75) is 6.92 Å². The van der Waals surface area contributed by atoms with E-state index in [9.17, 15) is 9.59 Å². The van der Waals surface area contributed by atoms with E-state index in [1.54, 1.807) is 36.4 Å². The summed E-state index contributed by atoms with van der Waals surface area (Å²) in [6.07, 6.45) is 4.58. The van der Waals surface area contributed by atoms with E-state index in [4.69, 9.17) is 9.47 Å². The monoisotopic (exact) mass is 480 g/mol. The Morgan fingerprint density at radius 1 is 0.861 bits per heavy atom. The first-order valence-electron chi connectivity index (χ1n) is 11.1. The standard InChI is InChI=1S/C28H24N4O4/c1-19(33)36-25-14-8-20(16-26(25)35-2)9-15-28(34)32-23-12-10-22(11-13-23)31-27-17-24(29-18-30-27)21-6-4-3-5-7-21/h3-18H,1-2H3,(H,32,34)(H,29,30,31)/b15-9+. The van der Waals surface area contributed by atoms with Crippen LogP contribution in [0.1, 0.15) is 12.5 Å². The summed E-state index contributed by atoms with van der Waals surface area (Å²) >= 11 is 0. The number of nitrogens with zero attached hydrogens (tertiary/aromatic N) is 2. The Labute approximate surface area is 208 Å². The van der Waals surface area contributed by atoms with Gasteiger partial charge in [0.2, 0.25) is 5.91 Å². The second-order valence-corrected chi connectivity index (χ2v) is 7.68. The van der Waals surface area contributed by atoms with Crippen LogP contribution in [0.25, 0.3) is 17.3 Å². The molecule has 0 spiro atoms. The molecule has 0 bridgehead atoms. The number of methoxy groups -OCH3 is 1. The number of amides is 1. The van der Waals surface area contributed by atoms with Crippen LogP contribution in [0.3, 0.4) is 0 Å². The average molecular weight is 481 g/mol. The number of nitrogens with one attached hydrogen (secondary N) is 2. The lowest BCUT2D eigenvalue weighted by Crippen LogP contribution is -2.07. The molecule has 180 valence electrons. The van der Waals surface area contributed by atoms with Gasteiger partial charge in [-0.25, -0.2) is 9.97 Å². The molecular weight excluding hydrogens is 456 g/mol. The summed E-state index contributed by atoms with van der Waals surface area (Å²) in [5.41, 5.74) is 4.01. The third-order valence-electron chi connectivity index (χ3n) is 5.03. The minimum atomic E-state index is -0.439. The second kappa shape index (κ2) is 11.4. The molecule has 3 aromatic carbocycles. The molecule has 4 rings (SSSR count). The first-order valence-corrected chi connectivity index (χ1v) is 11.1. The van der Waals surface area contributed by atoms with Gasteiger partial charge in [0, 0.05) is 36.0 Å². The maximum Gasteiger partial charge on any atom is 0.308 e. The van der Waals surface area contributed by atoms with Crippen LogP contribution in [-0.4, -0.2) is 29.0 Å². The van der Waals surface area contributed by atoms with Crippen molar-refractivity contribution in [2.24, 2.45) is 0 Å². The first kappa shape index (κ1) is 24.2. The molecule has 36 heavy (non-hydrogen) atoms. The number of ether oxygens (including phenoxy) is 2. The summed E-state index contributed by atoms with van der Waals surface area (Å²) in [6.45, 7) is 1.32. The average Bonchev–Trinajstić information content (AvgIpc) is 2.89. The fourth-order valence-corrected chi connectivity index (χ4v) is 3.36. The van der Waals surface area contributed by atoms with E-state index < -0.39 is 5.97 Å². The van der Waals surface area contributed by atoms with E-state index in [0.717, 1.165) is 22.5 Å². The smallest absolute Gasteiger partial charge is 0.308 e. The molecule has 4 aromatic rings. The molecule has 0 saturated carbocycles. The van der Waals surface area contributed by atoms with Crippen LogP contribution < -0.4 is 20.1 Å². The van der Waals surface area contributed by atoms with Crippen molar-refractivity contribution in [1.29, 1.82) is 0 Å². The summed E-state index contributed by atoms with van der Waals surface area (Å²) < 4.78 is 10.3. The molecule has 0 aliphatic carbocycles. The van der Waals surface area contributed by atoms with Gasteiger partial charge >= 0.3 is 5.97 Å². The van der Waals surface area contributed by atoms with Crippen molar-refractivity contribution in [1.82, 2.24) is 9.97 Å². The highest BCUT2D eigenvalue weighted by molar-refractivity contribution is 6.02. The molecule has 0 saturated heterocycles. The molecule has 2 N–H and O–H groups in total. The van der Waals surface area contributed by atoms with E-state index in [1.165, 1.54) is 26.4 Å². The Hall–Kier alpha value is -4.98. The topological polar surface area (TPSA) is 102 Å². The third-order valence-corrected chi connectivity index (χ3v) is 5.03. The number of esters is 1. The Balaban J connectivity index is 1.36. The number of benzene rings is 3. The van der Waals surface area contributed by atoms with E-state index >= 15 is 0 Å². The zero-order chi connectivity index (χ0) is 25.3. The normalized spacial score (nSPS) is 10.6. The lowest BCUT2D eigenvalue weighted by molar-refractivity contribution is -0.132. The van der Waals surface area contributed by atoms with Gasteiger partial charge in [-0.2, -0.15) is 0 Å². The molecule has 0 atom stereocenters. The zero-order valence-electron chi connectivity index (χ0n) is 19.8. The van der Waals surface area contributed by atoms with Gasteiger partial charge in [-0.1, -0.05) is 36.4 Å². The van der Waals surface area contributed by atoms with Crippen LogP contribution in [0.2, 0.25) is 0 Å². The number of anilines is 3. The fourth-order valence-electron chi connectivity index (χ4n) is 3.36. The highest BCUT2D eigenvalue weighted by atomic mass is 16.6. The first-order chi connectivity index (χ1) is 17.5. The van der Waals surface area contributed by atoms with Crippen LogP contribution in [0.5, 0.6) is 11.5 Å². The van der Waals surface area contributed by atoms with Crippen LogP contribution in [-0.2, 0) is 9.59 Å².